The van der Waals surface area contributed by atoms with E-state index in [1.807, 2.05) is 13.8 Å². The van der Waals surface area contributed by atoms with Crippen LogP contribution in [-0.4, -0.2) is 0 Å². The quantitative estimate of drug-likeness (QED) is 0.866. The summed E-state index contributed by atoms with van der Waals surface area (Å²) in [5.41, 5.74) is 6.46. The molecule has 0 aromatic heterocycles. The Morgan fingerprint density at radius 1 is 1.47 bits per heavy atom. The lowest BCUT2D eigenvalue weighted by atomic mass is 9.93. The second kappa shape index (κ2) is 6.31. The second-order valence-corrected chi connectivity index (χ2v) is 4.01. The molecular weight excluding hydrogens is 236 g/mol. The van der Waals surface area contributed by atoms with E-state index in [1.165, 1.54) is 6.07 Å². The maximum atomic E-state index is 13.4. The van der Waals surface area contributed by atoms with Gasteiger partial charge in [0.05, 0.1) is 0 Å². The zero-order valence-electron chi connectivity index (χ0n) is 8.84. The van der Waals surface area contributed by atoms with Crippen molar-refractivity contribution in [3.05, 3.63) is 34.6 Å². The largest absolute Gasteiger partial charge is 0.324 e. The zero-order chi connectivity index (χ0) is 10.7. The molecule has 0 amide bonds. The van der Waals surface area contributed by atoms with Crippen LogP contribution >= 0.6 is 24.0 Å². The van der Waals surface area contributed by atoms with Crippen LogP contribution in [0, 0.1) is 11.7 Å². The van der Waals surface area contributed by atoms with Gasteiger partial charge >= 0.3 is 0 Å². The molecule has 0 aliphatic carbocycles. The summed E-state index contributed by atoms with van der Waals surface area (Å²) in [4.78, 5) is 0. The predicted molar refractivity (Wildman–Crippen MR) is 65.0 cm³/mol. The van der Waals surface area contributed by atoms with E-state index in [0.29, 0.717) is 10.6 Å². The molecule has 0 saturated heterocycles. The van der Waals surface area contributed by atoms with Crippen molar-refractivity contribution in [2.75, 3.05) is 0 Å². The van der Waals surface area contributed by atoms with Crippen molar-refractivity contribution >= 4 is 24.0 Å². The van der Waals surface area contributed by atoms with Gasteiger partial charge in [0.15, 0.2) is 0 Å². The maximum Gasteiger partial charge on any atom is 0.129 e. The fourth-order valence-corrected chi connectivity index (χ4v) is 1.49. The Hall–Kier alpha value is -0.310. The molecule has 1 aromatic rings. The van der Waals surface area contributed by atoms with E-state index in [0.717, 1.165) is 6.42 Å². The van der Waals surface area contributed by atoms with E-state index in [1.54, 1.807) is 12.1 Å². The lowest BCUT2D eigenvalue weighted by molar-refractivity contribution is 0.439. The molecule has 1 unspecified atom stereocenters. The Morgan fingerprint density at radius 3 is 2.53 bits per heavy atom. The highest BCUT2D eigenvalue weighted by atomic mass is 35.5. The van der Waals surface area contributed by atoms with Crippen LogP contribution in [0.5, 0.6) is 0 Å². The van der Waals surface area contributed by atoms with Gasteiger partial charge in [0.25, 0.3) is 0 Å². The average Bonchev–Trinajstić information content (AvgIpc) is 2.15. The van der Waals surface area contributed by atoms with Crippen LogP contribution in [0.25, 0.3) is 0 Å². The highest BCUT2D eigenvalue weighted by molar-refractivity contribution is 6.30. The SMILES string of the molecule is CCC(C)[C@H](N)c1ccc(Cl)cc1F.Cl. The summed E-state index contributed by atoms with van der Waals surface area (Å²) < 4.78 is 13.4. The number of nitrogens with two attached hydrogens (primary N) is 1. The number of benzene rings is 1. The van der Waals surface area contributed by atoms with E-state index in [-0.39, 0.29) is 30.2 Å². The van der Waals surface area contributed by atoms with Gasteiger partial charge in [-0.3, -0.25) is 0 Å². The monoisotopic (exact) mass is 251 g/mol. The molecule has 1 aromatic carbocycles. The standard InChI is InChI=1S/C11H15ClFN.ClH/c1-3-7(2)11(14)9-5-4-8(12)6-10(9)13;/h4-7,11H,3,14H2,1-2H3;1H/t7?,11-;/m0./s1. The number of halogens is 3. The number of hydrogen-bond donors (Lipinski definition) is 1. The fourth-order valence-electron chi connectivity index (χ4n) is 1.33. The third kappa shape index (κ3) is 3.63. The summed E-state index contributed by atoms with van der Waals surface area (Å²) >= 11 is 5.65. The van der Waals surface area contributed by atoms with Gasteiger partial charge in [-0.1, -0.05) is 37.9 Å². The molecule has 0 heterocycles. The molecule has 4 heteroatoms. The number of hydrogen-bond acceptors (Lipinski definition) is 1. The van der Waals surface area contributed by atoms with Crippen LogP contribution in [-0.2, 0) is 0 Å². The number of rotatable bonds is 3. The molecule has 0 aliphatic rings. The lowest BCUT2D eigenvalue weighted by Gasteiger charge is -2.19. The van der Waals surface area contributed by atoms with Gasteiger partial charge < -0.3 is 5.73 Å². The highest BCUT2D eigenvalue weighted by Gasteiger charge is 2.16. The van der Waals surface area contributed by atoms with E-state index >= 15 is 0 Å². The van der Waals surface area contributed by atoms with E-state index in [2.05, 4.69) is 0 Å². The lowest BCUT2D eigenvalue weighted by Crippen LogP contribution is -2.19. The maximum absolute atomic E-state index is 13.4. The molecule has 0 saturated carbocycles. The van der Waals surface area contributed by atoms with E-state index in [9.17, 15) is 4.39 Å². The van der Waals surface area contributed by atoms with Gasteiger partial charge in [0.1, 0.15) is 5.82 Å². The van der Waals surface area contributed by atoms with Crippen molar-refractivity contribution in [2.24, 2.45) is 11.7 Å². The van der Waals surface area contributed by atoms with Crippen LogP contribution in [0.2, 0.25) is 5.02 Å². The molecule has 0 aliphatic heterocycles. The molecule has 86 valence electrons. The highest BCUT2D eigenvalue weighted by Crippen LogP contribution is 2.25. The van der Waals surface area contributed by atoms with E-state index < -0.39 is 0 Å². The molecule has 2 N–H and O–H groups in total. The fraction of sp³-hybridized carbons (Fsp3) is 0.455. The first-order valence-electron chi connectivity index (χ1n) is 4.76. The molecule has 1 rings (SSSR count). The van der Waals surface area contributed by atoms with Crippen molar-refractivity contribution in [3.8, 4) is 0 Å². The minimum atomic E-state index is -0.315. The summed E-state index contributed by atoms with van der Waals surface area (Å²) in [6.45, 7) is 4.05. The average molecular weight is 252 g/mol. The molecule has 2 atom stereocenters. The molecule has 0 spiro atoms. The Labute approximate surface area is 101 Å². The summed E-state index contributed by atoms with van der Waals surface area (Å²) in [6.07, 6.45) is 0.934. The third-order valence-corrected chi connectivity index (χ3v) is 2.81. The van der Waals surface area contributed by atoms with Crippen molar-refractivity contribution in [3.63, 3.8) is 0 Å². The minimum absolute atomic E-state index is 0. The molecule has 1 nitrogen and oxygen atoms in total. The minimum Gasteiger partial charge on any atom is -0.324 e. The van der Waals surface area contributed by atoms with Crippen LogP contribution in [0.4, 0.5) is 4.39 Å². The van der Waals surface area contributed by atoms with E-state index in [4.69, 9.17) is 17.3 Å². The van der Waals surface area contributed by atoms with Crippen molar-refractivity contribution in [1.82, 2.24) is 0 Å². The molecular formula is C11H16Cl2FN. The van der Waals surface area contributed by atoms with Crippen LogP contribution in [0.1, 0.15) is 31.9 Å². The van der Waals surface area contributed by atoms with Crippen molar-refractivity contribution in [1.29, 1.82) is 0 Å². The Kier molecular flexibility index (Phi) is 6.18. The first-order valence-corrected chi connectivity index (χ1v) is 5.14. The summed E-state index contributed by atoms with van der Waals surface area (Å²) in [6, 6.07) is 4.38. The third-order valence-electron chi connectivity index (χ3n) is 2.58. The smallest absolute Gasteiger partial charge is 0.129 e. The van der Waals surface area contributed by atoms with Gasteiger partial charge in [0, 0.05) is 16.6 Å². The first-order chi connectivity index (χ1) is 6.56. The molecule has 15 heavy (non-hydrogen) atoms. The second-order valence-electron chi connectivity index (χ2n) is 3.58. The normalized spacial score (nSPS) is 14.2. The molecule has 0 bridgehead atoms. The van der Waals surface area contributed by atoms with Crippen LogP contribution < -0.4 is 5.73 Å². The van der Waals surface area contributed by atoms with Crippen molar-refractivity contribution in [2.45, 2.75) is 26.3 Å². The summed E-state index contributed by atoms with van der Waals surface area (Å²) in [7, 11) is 0. The van der Waals surface area contributed by atoms with Crippen molar-refractivity contribution < 1.29 is 4.39 Å². The van der Waals surface area contributed by atoms with Gasteiger partial charge in [-0.25, -0.2) is 4.39 Å². The van der Waals surface area contributed by atoms with Gasteiger partial charge in [0.2, 0.25) is 0 Å². The van der Waals surface area contributed by atoms with Gasteiger partial charge in [-0.2, -0.15) is 0 Å². The predicted octanol–water partition coefficient (Wildman–Crippen LogP) is 3.95. The van der Waals surface area contributed by atoms with Crippen LogP contribution in [0.3, 0.4) is 0 Å². The van der Waals surface area contributed by atoms with Crippen LogP contribution in [0.15, 0.2) is 18.2 Å². The zero-order valence-corrected chi connectivity index (χ0v) is 10.4. The Bertz CT molecular complexity index is 317. The summed E-state index contributed by atoms with van der Waals surface area (Å²) in [5, 5.41) is 0.405. The summed E-state index contributed by atoms with van der Waals surface area (Å²) in [5.74, 6) is -0.0454. The first kappa shape index (κ1) is 14.7. The van der Waals surface area contributed by atoms with Gasteiger partial charge in [-0.05, 0) is 18.1 Å². The Balaban J connectivity index is 0.00000196. The van der Waals surface area contributed by atoms with Gasteiger partial charge in [-0.15, -0.1) is 12.4 Å². The Morgan fingerprint density at radius 2 is 2.07 bits per heavy atom. The molecule has 0 radical (unpaired) electrons. The topological polar surface area (TPSA) is 26.0 Å². The molecule has 0 fully saturated rings.